The van der Waals surface area contributed by atoms with Gasteiger partial charge in [0.2, 0.25) is 0 Å². The summed E-state index contributed by atoms with van der Waals surface area (Å²) in [5, 5.41) is 10.2. The Labute approximate surface area is 335 Å². The van der Waals surface area contributed by atoms with Crippen LogP contribution in [-0.4, -0.2) is 29.1 Å². The first-order valence-corrected chi connectivity index (χ1v) is 19.7. The Morgan fingerprint density at radius 1 is 0.431 bits per heavy atom. The number of rotatable bonds is 7. The molecular formula is C52H36N6. The predicted molar refractivity (Wildman–Crippen MR) is 237 cm³/mol. The smallest absolute Gasteiger partial charge is 0.164 e. The third-order valence-corrected chi connectivity index (χ3v) is 11.2. The van der Waals surface area contributed by atoms with Crippen molar-refractivity contribution >= 4 is 38.1 Å². The molecule has 0 spiro atoms. The molecule has 0 unspecified atom stereocenters. The van der Waals surface area contributed by atoms with E-state index in [9.17, 15) is 0 Å². The maximum atomic E-state index is 5.32. The molecule has 0 aliphatic heterocycles. The maximum Gasteiger partial charge on any atom is 0.164 e. The maximum absolute atomic E-state index is 5.32. The summed E-state index contributed by atoms with van der Waals surface area (Å²) in [7, 11) is 0. The van der Waals surface area contributed by atoms with Crippen LogP contribution in [0.15, 0.2) is 188 Å². The van der Waals surface area contributed by atoms with Crippen molar-refractivity contribution in [2.45, 2.75) is 13.3 Å². The van der Waals surface area contributed by atoms with Gasteiger partial charge in [0, 0.05) is 55.2 Å². The zero-order chi connectivity index (χ0) is 38.6. The van der Waals surface area contributed by atoms with E-state index >= 15 is 0 Å². The minimum absolute atomic E-state index is 0.616. The van der Waals surface area contributed by atoms with Crippen LogP contribution in [0, 0.1) is 0 Å². The van der Waals surface area contributed by atoms with E-state index in [2.05, 4.69) is 174 Å². The third kappa shape index (κ3) is 5.57. The molecule has 0 aliphatic rings. The third-order valence-electron chi connectivity index (χ3n) is 11.2. The van der Waals surface area contributed by atoms with Crippen molar-refractivity contribution in [1.29, 1.82) is 0 Å². The predicted octanol–water partition coefficient (Wildman–Crippen LogP) is 12.7. The second-order valence-corrected chi connectivity index (χ2v) is 14.6. The number of benzene rings is 7. The van der Waals surface area contributed by atoms with Gasteiger partial charge in [-0.25, -0.2) is 19.5 Å². The van der Waals surface area contributed by atoms with Crippen molar-refractivity contribution in [2.75, 3.05) is 0 Å². The summed E-state index contributed by atoms with van der Waals surface area (Å²) in [4.78, 5) is 15.1. The highest BCUT2D eigenvalue weighted by Crippen LogP contribution is 2.37. The Morgan fingerprint density at radius 3 is 1.48 bits per heavy atom. The van der Waals surface area contributed by atoms with Crippen LogP contribution in [0.5, 0.6) is 0 Å². The molecule has 7 aromatic carbocycles. The van der Waals surface area contributed by atoms with Crippen molar-refractivity contribution in [3.8, 4) is 62.4 Å². The Hall–Kier alpha value is -7.70. The number of aryl methyl sites for hydroxylation is 1. The van der Waals surface area contributed by atoms with Crippen LogP contribution in [0.3, 0.4) is 0 Å². The van der Waals surface area contributed by atoms with Crippen LogP contribution in [0.2, 0.25) is 0 Å². The van der Waals surface area contributed by atoms with Crippen molar-refractivity contribution < 1.29 is 0 Å². The molecule has 0 bridgehead atoms. The summed E-state index contributed by atoms with van der Waals surface area (Å²) < 4.78 is 4.46. The van der Waals surface area contributed by atoms with Gasteiger partial charge in [0.05, 0.1) is 27.9 Å². The number of nitrogens with zero attached hydrogens (tertiary/aromatic N) is 6. The summed E-state index contributed by atoms with van der Waals surface area (Å²) in [6.07, 6.45) is 0.843. The zero-order valence-corrected chi connectivity index (χ0v) is 31.8. The number of para-hydroxylation sites is 2. The highest BCUT2D eigenvalue weighted by molar-refractivity contribution is 6.09. The van der Waals surface area contributed by atoms with Gasteiger partial charge in [0.1, 0.15) is 0 Å². The fraction of sp³-hybridized carbons (Fsp3) is 0.0385. The van der Waals surface area contributed by atoms with Gasteiger partial charge in [0.25, 0.3) is 0 Å². The summed E-state index contributed by atoms with van der Waals surface area (Å²) in [6, 6.07) is 65.7. The van der Waals surface area contributed by atoms with Crippen molar-refractivity contribution in [1.82, 2.24) is 29.1 Å². The minimum Gasteiger partial charge on any atom is -0.309 e. The van der Waals surface area contributed by atoms with E-state index in [1.54, 1.807) is 0 Å². The van der Waals surface area contributed by atoms with Crippen LogP contribution in [0.25, 0.3) is 100 Å². The van der Waals surface area contributed by atoms with Crippen molar-refractivity contribution in [2.24, 2.45) is 0 Å². The van der Waals surface area contributed by atoms with Crippen LogP contribution >= 0.6 is 0 Å². The molecule has 0 atom stereocenters. The summed E-state index contributed by atoms with van der Waals surface area (Å²) in [5.74, 6) is 1.87. The van der Waals surface area contributed by atoms with Crippen LogP contribution in [-0.2, 0) is 6.42 Å². The molecule has 0 fully saturated rings. The van der Waals surface area contributed by atoms with E-state index in [4.69, 9.17) is 20.1 Å². The van der Waals surface area contributed by atoms with Crippen LogP contribution in [0.4, 0.5) is 0 Å². The first-order chi connectivity index (χ1) is 28.7. The lowest BCUT2D eigenvalue weighted by atomic mass is 10.00. The molecule has 0 aliphatic carbocycles. The minimum atomic E-state index is 0.616. The quantitative estimate of drug-likeness (QED) is 0.163. The second-order valence-electron chi connectivity index (χ2n) is 14.6. The number of pyridine rings is 1. The number of aromatic nitrogens is 6. The van der Waals surface area contributed by atoms with E-state index in [0.717, 1.165) is 56.8 Å². The van der Waals surface area contributed by atoms with Gasteiger partial charge in [-0.15, -0.1) is 0 Å². The van der Waals surface area contributed by atoms with E-state index in [1.807, 2.05) is 30.3 Å². The van der Waals surface area contributed by atoms with Crippen molar-refractivity contribution in [3.05, 3.63) is 194 Å². The Kier molecular flexibility index (Phi) is 8.00. The van der Waals surface area contributed by atoms with E-state index in [0.29, 0.717) is 17.5 Å². The first-order valence-electron chi connectivity index (χ1n) is 19.7. The van der Waals surface area contributed by atoms with Gasteiger partial charge in [0.15, 0.2) is 17.5 Å². The second kappa shape index (κ2) is 13.8. The van der Waals surface area contributed by atoms with Gasteiger partial charge in [-0.3, -0.25) is 0 Å². The molecular weight excluding hydrogens is 709 g/mol. The average molecular weight is 745 g/mol. The molecule has 0 saturated heterocycles. The lowest BCUT2D eigenvalue weighted by Crippen LogP contribution is -2.00. The summed E-state index contributed by atoms with van der Waals surface area (Å²) in [6.45, 7) is 2.21. The lowest BCUT2D eigenvalue weighted by molar-refractivity contribution is 0.979. The average Bonchev–Trinajstić information content (AvgIpc) is 3.86. The molecule has 0 radical (unpaired) electrons. The SMILES string of the molecule is CCc1c(-c2ccc(-c3nc(-c4ccccc4)nc(-c4ccc(-n5c6ccccc6c6ccccc65)cc4)n3)cc2)nn2c(-c3ccccc3)cc3ccccc3c12. The highest BCUT2D eigenvalue weighted by Gasteiger charge is 2.20. The highest BCUT2D eigenvalue weighted by atomic mass is 15.2. The first kappa shape index (κ1) is 33.6. The molecule has 11 rings (SSSR count). The Balaban J connectivity index is 1.01. The van der Waals surface area contributed by atoms with Gasteiger partial charge >= 0.3 is 0 Å². The van der Waals surface area contributed by atoms with E-state index in [1.165, 1.54) is 38.1 Å². The van der Waals surface area contributed by atoms with Gasteiger partial charge in [-0.2, -0.15) is 5.10 Å². The largest absolute Gasteiger partial charge is 0.309 e. The normalized spacial score (nSPS) is 11.6. The molecule has 11 aromatic rings. The van der Waals surface area contributed by atoms with Crippen LogP contribution < -0.4 is 0 Å². The molecule has 0 amide bonds. The lowest BCUT2D eigenvalue weighted by Gasteiger charge is -2.11. The molecule has 4 heterocycles. The molecule has 274 valence electrons. The molecule has 4 aromatic heterocycles. The van der Waals surface area contributed by atoms with Gasteiger partial charge < -0.3 is 4.57 Å². The molecule has 6 heteroatoms. The zero-order valence-electron chi connectivity index (χ0n) is 31.8. The monoisotopic (exact) mass is 744 g/mol. The van der Waals surface area contributed by atoms with E-state index < -0.39 is 0 Å². The Bertz CT molecular complexity index is 3240. The van der Waals surface area contributed by atoms with Crippen LogP contribution in [0.1, 0.15) is 12.5 Å². The fourth-order valence-corrected chi connectivity index (χ4v) is 8.42. The molecule has 6 nitrogen and oxygen atoms in total. The summed E-state index contributed by atoms with van der Waals surface area (Å²) >= 11 is 0. The fourth-order valence-electron chi connectivity index (χ4n) is 8.42. The summed E-state index contributed by atoms with van der Waals surface area (Å²) in [5.41, 5.74) is 12.8. The standard InChI is InChI=1S/C52H36N6/c1-2-41-48(56-58-47(34-15-5-3-6-16-34)33-39-19-9-10-20-42(39)49(41)58)35-25-27-37(28-26-35)51-53-50(36-17-7-4-8-18-36)54-52(55-51)38-29-31-40(32-30-38)57-45-23-13-11-21-43(45)44-22-12-14-24-46(44)57/h3-33H,2H2,1H3. The molecule has 0 saturated carbocycles. The van der Waals surface area contributed by atoms with E-state index in [-0.39, 0.29) is 0 Å². The Morgan fingerprint density at radius 2 is 0.897 bits per heavy atom. The molecule has 58 heavy (non-hydrogen) atoms. The molecule has 0 N–H and O–H groups in total. The number of hydrogen-bond donors (Lipinski definition) is 0. The number of hydrogen-bond acceptors (Lipinski definition) is 4. The van der Waals surface area contributed by atoms with Gasteiger partial charge in [-0.1, -0.05) is 153 Å². The van der Waals surface area contributed by atoms with Gasteiger partial charge in [-0.05, 0) is 54.3 Å². The number of fused-ring (bicyclic) bond motifs is 6. The topological polar surface area (TPSA) is 60.9 Å². The van der Waals surface area contributed by atoms with Crippen molar-refractivity contribution in [3.63, 3.8) is 0 Å².